The van der Waals surface area contributed by atoms with Gasteiger partial charge in [-0.3, -0.25) is 9.59 Å². The van der Waals surface area contributed by atoms with Crippen molar-refractivity contribution in [3.63, 3.8) is 0 Å². The van der Waals surface area contributed by atoms with E-state index in [-0.39, 0.29) is 12.4 Å². The molecule has 0 saturated carbocycles. The molecule has 3 N–H and O–H groups in total. The molecule has 2 rings (SSSR count). The Bertz CT molecular complexity index is 566. The third-order valence-corrected chi connectivity index (χ3v) is 2.92. The van der Waals surface area contributed by atoms with Crippen molar-refractivity contribution in [1.82, 2.24) is 5.32 Å². The van der Waals surface area contributed by atoms with Gasteiger partial charge in [-0.05, 0) is 37.1 Å². The van der Waals surface area contributed by atoms with Crippen LogP contribution >= 0.6 is 0 Å². The first-order chi connectivity index (χ1) is 8.97. The second-order valence-corrected chi connectivity index (χ2v) is 4.40. The largest absolute Gasteiger partial charge is 0.486 e. The molecule has 6 heteroatoms. The summed E-state index contributed by atoms with van der Waals surface area (Å²) in [7, 11) is 0. The van der Waals surface area contributed by atoms with Crippen LogP contribution in [0.1, 0.15) is 11.1 Å². The molecular weight excluding hydrogens is 246 g/mol. The standard InChI is InChI=1S/C13H15N3O3/c1-7-3-4-9(5-8(7)2)19-6-10-15-12(17)11(14)13(18)16-10/h3-5,11H,6,14H2,1-2H3,(H,15,16,17,18). The molecule has 1 aliphatic rings. The summed E-state index contributed by atoms with van der Waals surface area (Å²) in [4.78, 5) is 26.3. The highest BCUT2D eigenvalue weighted by molar-refractivity contribution is 6.18. The van der Waals surface area contributed by atoms with Crippen LogP contribution in [0.4, 0.5) is 0 Å². The van der Waals surface area contributed by atoms with Gasteiger partial charge in [-0.1, -0.05) is 6.07 Å². The predicted octanol–water partition coefficient (Wildman–Crippen LogP) is 0.0644. The van der Waals surface area contributed by atoms with Crippen LogP contribution in [0.3, 0.4) is 0 Å². The van der Waals surface area contributed by atoms with Crippen molar-refractivity contribution in [2.75, 3.05) is 6.61 Å². The zero-order chi connectivity index (χ0) is 14.0. The molecule has 0 saturated heterocycles. The third-order valence-electron chi connectivity index (χ3n) is 2.92. The molecule has 6 nitrogen and oxygen atoms in total. The molecule has 1 aliphatic heterocycles. The van der Waals surface area contributed by atoms with E-state index in [9.17, 15) is 9.59 Å². The number of hydrogen-bond donors (Lipinski definition) is 2. The molecule has 0 bridgehead atoms. The van der Waals surface area contributed by atoms with Crippen molar-refractivity contribution < 1.29 is 14.3 Å². The molecular formula is C13H15N3O3. The number of rotatable bonds is 3. The summed E-state index contributed by atoms with van der Waals surface area (Å²) in [6, 6.07) is 4.42. The highest BCUT2D eigenvalue weighted by Crippen LogP contribution is 2.16. The Morgan fingerprint density at radius 1 is 1.32 bits per heavy atom. The van der Waals surface area contributed by atoms with Crippen molar-refractivity contribution >= 4 is 17.6 Å². The number of nitrogens with zero attached hydrogens (tertiary/aromatic N) is 1. The van der Waals surface area contributed by atoms with Gasteiger partial charge < -0.3 is 15.8 Å². The number of nitrogens with one attached hydrogen (secondary N) is 1. The van der Waals surface area contributed by atoms with Gasteiger partial charge in [0.2, 0.25) is 0 Å². The molecule has 0 radical (unpaired) electrons. The van der Waals surface area contributed by atoms with Crippen molar-refractivity contribution in [2.45, 2.75) is 19.9 Å². The number of benzene rings is 1. The van der Waals surface area contributed by atoms with Crippen molar-refractivity contribution in [1.29, 1.82) is 0 Å². The smallest absolute Gasteiger partial charge is 0.274 e. The normalized spacial score (nSPS) is 18.9. The topological polar surface area (TPSA) is 93.8 Å². The van der Waals surface area contributed by atoms with E-state index in [0.29, 0.717) is 5.75 Å². The Balaban J connectivity index is 2.03. The van der Waals surface area contributed by atoms with E-state index in [0.717, 1.165) is 11.1 Å². The number of aliphatic imine (C=N–C) groups is 1. The number of carbonyl (C=O) groups excluding carboxylic acids is 2. The zero-order valence-electron chi connectivity index (χ0n) is 10.8. The quantitative estimate of drug-likeness (QED) is 0.752. The molecule has 0 spiro atoms. The number of nitrogens with two attached hydrogens (primary N) is 1. The fourth-order valence-corrected chi connectivity index (χ4v) is 1.59. The van der Waals surface area contributed by atoms with E-state index in [1.54, 1.807) is 0 Å². The molecule has 0 fully saturated rings. The molecule has 1 aromatic carbocycles. The van der Waals surface area contributed by atoms with Gasteiger partial charge in [-0.2, -0.15) is 4.99 Å². The molecule has 0 aliphatic carbocycles. The van der Waals surface area contributed by atoms with Gasteiger partial charge in [-0.15, -0.1) is 0 Å². The number of aryl methyl sites for hydroxylation is 2. The predicted molar refractivity (Wildman–Crippen MR) is 70.0 cm³/mol. The molecule has 1 atom stereocenters. The highest BCUT2D eigenvalue weighted by Gasteiger charge is 2.28. The van der Waals surface area contributed by atoms with Crippen molar-refractivity contribution in [3.05, 3.63) is 29.3 Å². The summed E-state index contributed by atoms with van der Waals surface area (Å²) < 4.78 is 5.47. The Morgan fingerprint density at radius 3 is 2.68 bits per heavy atom. The molecule has 1 heterocycles. The van der Waals surface area contributed by atoms with Crippen LogP contribution in [0, 0.1) is 13.8 Å². The first-order valence-electron chi connectivity index (χ1n) is 5.85. The van der Waals surface area contributed by atoms with Crippen LogP contribution < -0.4 is 15.8 Å². The van der Waals surface area contributed by atoms with Crippen LogP contribution in [-0.4, -0.2) is 30.3 Å². The van der Waals surface area contributed by atoms with Gasteiger partial charge in [0.15, 0.2) is 11.9 Å². The Morgan fingerprint density at radius 2 is 2.05 bits per heavy atom. The monoisotopic (exact) mass is 261 g/mol. The van der Waals surface area contributed by atoms with E-state index >= 15 is 0 Å². The average molecular weight is 261 g/mol. The van der Waals surface area contributed by atoms with Gasteiger partial charge >= 0.3 is 0 Å². The molecule has 1 aromatic rings. The van der Waals surface area contributed by atoms with Crippen LogP contribution in [-0.2, 0) is 9.59 Å². The summed E-state index contributed by atoms with van der Waals surface area (Å²) in [5.41, 5.74) is 7.58. The summed E-state index contributed by atoms with van der Waals surface area (Å²) in [5.74, 6) is -0.376. The minimum Gasteiger partial charge on any atom is -0.486 e. The Hall–Kier alpha value is -2.21. The molecule has 0 aromatic heterocycles. The van der Waals surface area contributed by atoms with Crippen molar-refractivity contribution in [3.8, 4) is 5.75 Å². The van der Waals surface area contributed by atoms with Gasteiger partial charge in [0.05, 0.1) is 0 Å². The average Bonchev–Trinajstić information content (AvgIpc) is 2.37. The summed E-state index contributed by atoms with van der Waals surface area (Å²) in [6.07, 6.45) is 0. The van der Waals surface area contributed by atoms with E-state index in [2.05, 4.69) is 10.3 Å². The first-order valence-corrected chi connectivity index (χ1v) is 5.85. The lowest BCUT2D eigenvalue weighted by Crippen LogP contribution is -2.53. The lowest BCUT2D eigenvalue weighted by molar-refractivity contribution is -0.129. The minimum atomic E-state index is -1.22. The lowest BCUT2D eigenvalue weighted by atomic mass is 10.1. The van der Waals surface area contributed by atoms with Crippen LogP contribution in [0.5, 0.6) is 5.75 Å². The maximum atomic E-state index is 11.3. The SMILES string of the molecule is Cc1ccc(OCC2=NC(=O)C(N)C(=O)N2)cc1C. The van der Waals surface area contributed by atoms with Gasteiger partial charge in [0.25, 0.3) is 11.8 Å². The second kappa shape index (κ2) is 5.19. The number of hydrogen-bond acceptors (Lipinski definition) is 4. The molecule has 19 heavy (non-hydrogen) atoms. The molecule has 2 amide bonds. The zero-order valence-corrected chi connectivity index (χ0v) is 10.8. The van der Waals surface area contributed by atoms with Gasteiger partial charge in [0.1, 0.15) is 12.4 Å². The minimum absolute atomic E-state index is 0.0205. The fourth-order valence-electron chi connectivity index (χ4n) is 1.59. The number of amidine groups is 1. The van der Waals surface area contributed by atoms with E-state index < -0.39 is 17.9 Å². The summed E-state index contributed by atoms with van der Waals surface area (Å²) in [6.45, 7) is 4.00. The van der Waals surface area contributed by atoms with Gasteiger partial charge in [-0.25, -0.2) is 0 Å². The number of ether oxygens (including phenoxy) is 1. The van der Waals surface area contributed by atoms with Crippen LogP contribution in [0.15, 0.2) is 23.2 Å². The summed E-state index contributed by atoms with van der Waals surface area (Å²) >= 11 is 0. The van der Waals surface area contributed by atoms with Gasteiger partial charge in [0, 0.05) is 0 Å². The molecule has 100 valence electrons. The maximum absolute atomic E-state index is 11.3. The van der Waals surface area contributed by atoms with Crippen LogP contribution in [0.25, 0.3) is 0 Å². The van der Waals surface area contributed by atoms with E-state index in [4.69, 9.17) is 10.5 Å². The summed E-state index contributed by atoms with van der Waals surface area (Å²) in [5, 5.41) is 2.43. The third kappa shape index (κ3) is 2.97. The van der Waals surface area contributed by atoms with Crippen LogP contribution in [0.2, 0.25) is 0 Å². The fraction of sp³-hybridized carbons (Fsp3) is 0.308. The first kappa shape index (κ1) is 13.2. The molecule has 1 unspecified atom stereocenters. The Labute approximate surface area is 110 Å². The Kier molecular flexibility index (Phi) is 3.62. The number of carbonyl (C=O) groups is 2. The van der Waals surface area contributed by atoms with E-state index in [1.165, 1.54) is 0 Å². The van der Waals surface area contributed by atoms with Crippen molar-refractivity contribution in [2.24, 2.45) is 10.7 Å². The lowest BCUT2D eigenvalue weighted by Gasteiger charge is -2.17. The highest BCUT2D eigenvalue weighted by atomic mass is 16.5. The number of amides is 2. The van der Waals surface area contributed by atoms with E-state index in [1.807, 2.05) is 32.0 Å². The second-order valence-electron chi connectivity index (χ2n) is 4.40. The maximum Gasteiger partial charge on any atom is 0.274 e.